The summed E-state index contributed by atoms with van der Waals surface area (Å²) in [5.41, 5.74) is 3.20. The molecule has 0 saturated carbocycles. The summed E-state index contributed by atoms with van der Waals surface area (Å²) in [6, 6.07) is 15.5. The van der Waals surface area contributed by atoms with Crippen molar-refractivity contribution in [1.82, 2.24) is 20.1 Å². The number of carbonyl (C=O) groups is 1. The second-order valence-corrected chi connectivity index (χ2v) is 6.69. The maximum Gasteiger partial charge on any atom is 0.255 e. The first kappa shape index (κ1) is 18.7. The molecule has 0 spiro atoms. The number of aryl methyl sites for hydroxylation is 1. The van der Waals surface area contributed by atoms with Crippen LogP contribution in [-0.4, -0.2) is 27.3 Å². The highest BCUT2D eigenvalue weighted by Crippen LogP contribution is 2.28. The van der Waals surface area contributed by atoms with E-state index in [0.717, 1.165) is 27.6 Å². The van der Waals surface area contributed by atoms with Crippen molar-refractivity contribution in [3.05, 3.63) is 78.2 Å². The SMILES string of the molecule is CCOc1ccc2ccccc2c1C(=O)NCc1cccnc1-c1cnn(C)c1. The van der Waals surface area contributed by atoms with Crippen LogP contribution >= 0.6 is 0 Å². The van der Waals surface area contributed by atoms with E-state index in [0.29, 0.717) is 24.5 Å². The van der Waals surface area contributed by atoms with Gasteiger partial charge in [0.15, 0.2) is 0 Å². The second kappa shape index (κ2) is 8.14. The fourth-order valence-electron chi connectivity index (χ4n) is 3.41. The molecule has 0 atom stereocenters. The molecule has 1 N–H and O–H groups in total. The Labute approximate surface area is 169 Å². The van der Waals surface area contributed by atoms with Crippen molar-refractivity contribution < 1.29 is 9.53 Å². The van der Waals surface area contributed by atoms with Gasteiger partial charge in [0.1, 0.15) is 5.75 Å². The highest BCUT2D eigenvalue weighted by atomic mass is 16.5. The summed E-state index contributed by atoms with van der Waals surface area (Å²) in [5.74, 6) is 0.411. The van der Waals surface area contributed by atoms with E-state index in [1.807, 2.05) is 68.7 Å². The Morgan fingerprint density at radius 1 is 1.14 bits per heavy atom. The molecule has 0 radical (unpaired) electrons. The lowest BCUT2D eigenvalue weighted by molar-refractivity contribution is 0.0949. The Morgan fingerprint density at radius 3 is 2.79 bits per heavy atom. The smallest absolute Gasteiger partial charge is 0.255 e. The van der Waals surface area contributed by atoms with Gasteiger partial charge in [-0.1, -0.05) is 36.4 Å². The standard InChI is InChI=1S/C23H22N4O2/c1-3-29-20-11-10-16-7-4-5-9-19(16)21(20)23(28)25-13-17-8-6-12-24-22(17)18-14-26-27(2)15-18/h4-12,14-15H,3,13H2,1-2H3,(H,25,28). The molecule has 146 valence electrons. The predicted octanol–water partition coefficient (Wildman–Crippen LogP) is 3.96. The van der Waals surface area contributed by atoms with Gasteiger partial charge in [-0.3, -0.25) is 14.5 Å². The molecule has 0 aliphatic carbocycles. The summed E-state index contributed by atoms with van der Waals surface area (Å²) in [5, 5.41) is 9.12. The minimum absolute atomic E-state index is 0.175. The van der Waals surface area contributed by atoms with Crippen LogP contribution in [0.25, 0.3) is 22.0 Å². The maximum absolute atomic E-state index is 13.2. The van der Waals surface area contributed by atoms with Crippen LogP contribution in [0.2, 0.25) is 0 Å². The second-order valence-electron chi connectivity index (χ2n) is 6.69. The number of nitrogens with zero attached hydrogens (tertiary/aromatic N) is 3. The zero-order valence-electron chi connectivity index (χ0n) is 16.4. The van der Waals surface area contributed by atoms with Crippen LogP contribution in [-0.2, 0) is 13.6 Å². The average Bonchev–Trinajstić information content (AvgIpc) is 3.18. The number of nitrogens with one attached hydrogen (secondary N) is 1. The van der Waals surface area contributed by atoms with Gasteiger partial charge in [-0.05, 0) is 35.4 Å². The van der Waals surface area contributed by atoms with Crippen molar-refractivity contribution in [3.8, 4) is 17.0 Å². The van der Waals surface area contributed by atoms with E-state index in [2.05, 4.69) is 15.4 Å². The topological polar surface area (TPSA) is 69.0 Å². The van der Waals surface area contributed by atoms with Crippen LogP contribution in [0.1, 0.15) is 22.8 Å². The highest BCUT2D eigenvalue weighted by Gasteiger charge is 2.17. The molecule has 2 aromatic heterocycles. The summed E-state index contributed by atoms with van der Waals surface area (Å²) in [7, 11) is 1.86. The maximum atomic E-state index is 13.2. The van der Waals surface area contributed by atoms with E-state index < -0.39 is 0 Å². The van der Waals surface area contributed by atoms with E-state index >= 15 is 0 Å². The first-order chi connectivity index (χ1) is 14.2. The normalized spacial score (nSPS) is 10.8. The summed E-state index contributed by atoms with van der Waals surface area (Å²) >= 11 is 0. The third-order valence-electron chi connectivity index (χ3n) is 4.73. The van der Waals surface area contributed by atoms with Crippen molar-refractivity contribution in [1.29, 1.82) is 0 Å². The molecule has 0 aliphatic heterocycles. The van der Waals surface area contributed by atoms with Gasteiger partial charge in [-0.15, -0.1) is 0 Å². The predicted molar refractivity (Wildman–Crippen MR) is 113 cm³/mol. The van der Waals surface area contributed by atoms with E-state index in [1.54, 1.807) is 17.1 Å². The molecule has 0 saturated heterocycles. The van der Waals surface area contributed by atoms with Gasteiger partial charge < -0.3 is 10.1 Å². The quantitative estimate of drug-likeness (QED) is 0.544. The molecule has 0 unspecified atom stereocenters. The van der Waals surface area contributed by atoms with Crippen LogP contribution in [0, 0.1) is 0 Å². The number of ether oxygens (including phenoxy) is 1. The number of benzene rings is 2. The van der Waals surface area contributed by atoms with Crippen LogP contribution < -0.4 is 10.1 Å². The number of hydrogen-bond acceptors (Lipinski definition) is 4. The van der Waals surface area contributed by atoms with Crippen molar-refractivity contribution in [2.45, 2.75) is 13.5 Å². The van der Waals surface area contributed by atoms with Gasteiger partial charge in [-0.25, -0.2) is 0 Å². The van der Waals surface area contributed by atoms with Gasteiger partial charge in [-0.2, -0.15) is 5.10 Å². The van der Waals surface area contributed by atoms with Crippen molar-refractivity contribution in [3.63, 3.8) is 0 Å². The summed E-state index contributed by atoms with van der Waals surface area (Å²) in [6.07, 6.45) is 5.42. The summed E-state index contributed by atoms with van der Waals surface area (Å²) in [6.45, 7) is 2.75. The molecular weight excluding hydrogens is 364 g/mol. The Kier molecular flexibility index (Phi) is 5.24. The number of pyridine rings is 1. The summed E-state index contributed by atoms with van der Waals surface area (Å²) < 4.78 is 7.46. The molecular formula is C23H22N4O2. The van der Waals surface area contributed by atoms with Crippen molar-refractivity contribution in [2.24, 2.45) is 7.05 Å². The Bertz CT molecular complexity index is 1170. The Hall–Kier alpha value is -3.67. The fraction of sp³-hybridized carbons (Fsp3) is 0.174. The number of carbonyl (C=O) groups excluding carboxylic acids is 1. The molecule has 4 rings (SSSR count). The van der Waals surface area contributed by atoms with Gasteiger partial charge >= 0.3 is 0 Å². The third kappa shape index (κ3) is 3.82. The number of fused-ring (bicyclic) bond motifs is 1. The molecule has 6 heteroatoms. The van der Waals surface area contributed by atoms with Crippen LogP contribution in [0.3, 0.4) is 0 Å². The van der Waals surface area contributed by atoms with Gasteiger partial charge in [0.05, 0.1) is 24.1 Å². The molecule has 0 bridgehead atoms. The van der Waals surface area contributed by atoms with Crippen LogP contribution in [0.4, 0.5) is 0 Å². The first-order valence-electron chi connectivity index (χ1n) is 9.53. The Morgan fingerprint density at radius 2 is 2.00 bits per heavy atom. The molecule has 2 heterocycles. The lowest BCUT2D eigenvalue weighted by atomic mass is 10.0. The highest BCUT2D eigenvalue weighted by molar-refractivity contribution is 6.09. The molecule has 1 amide bonds. The molecule has 2 aromatic carbocycles. The van der Waals surface area contributed by atoms with Gasteiger partial charge in [0.25, 0.3) is 5.91 Å². The molecule has 0 aliphatic rings. The average molecular weight is 386 g/mol. The van der Waals surface area contributed by atoms with Crippen LogP contribution in [0.5, 0.6) is 5.75 Å². The minimum atomic E-state index is -0.175. The third-order valence-corrected chi connectivity index (χ3v) is 4.73. The molecule has 29 heavy (non-hydrogen) atoms. The van der Waals surface area contributed by atoms with Gasteiger partial charge in [0.2, 0.25) is 0 Å². The number of hydrogen-bond donors (Lipinski definition) is 1. The van der Waals surface area contributed by atoms with E-state index in [9.17, 15) is 4.79 Å². The zero-order chi connectivity index (χ0) is 20.2. The van der Waals surface area contributed by atoms with Gasteiger partial charge in [0, 0.05) is 31.5 Å². The zero-order valence-corrected chi connectivity index (χ0v) is 16.4. The lowest BCUT2D eigenvalue weighted by Gasteiger charge is -2.14. The van der Waals surface area contributed by atoms with Crippen molar-refractivity contribution >= 4 is 16.7 Å². The number of aromatic nitrogens is 3. The van der Waals surface area contributed by atoms with E-state index in [1.165, 1.54) is 0 Å². The fourth-order valence-corrected chi connectivity index (χ4v) is 3.41. The molecule has 6 nitrogen and oxygen atoms in total. The van der Waals surface area contributed by atoms with Crippen LogP contribution in [0.15, 0.2) is 67.1 Å². The van der Waals surface area contributed by atoms with Crippen molar-refractivity contribution in [2.75, 3.05) is 6.61 Å². The molecule has 0 fully saturated rings. The largest absolute Gasteiger partial charge is 0.493 e. The minimum Gasteiger partial charge on any atom is -0.493 e. The van der Waals surface area contributed by atoms with E-state index in [4.69, 9.17) is 4.74 Å². The lowest BCUT2D eigenvalue weighted by Crippen LogP contribution is -2.24. The molecule has 4 aromatic rings. The monoisotopic (exact) mass is 386 g/mol. The van der Waals surface area contributed by atoms with E-state index in [-0.39, 0.29) is 5.91 Å². The number of amides is 1. The summed E-state index contributed by atoms with van der Waals surface area (Å²) in [4.78, 5) is 17.6. The Balaban J connectivity index is 1.64. The first-order valence-corrected chi connectivity index (χ1v) is 9.53. The number of rotatable bonds is 6.